The summed E-state index contributed by atoms with van der Waals surface area (Å²) in [6, 6.07) is 7.11. The molecule has 3 saturated heterocycles. The van der Waals surface area contributed by atoms with Gasteiger partial charge < -0.3 is 19.1 Å². The quantitative estimate of drug-likeness (QED) is 0.806. The van der Waals surface area contributed by atoms with Gasteiger partial charge in [0.25, 0.3) is 5.91 Å². The number of carbonyl (C=O) groups excluding carboxylic acids is 1. The van der Waals surface area contributed by atoms with E-state index in [4.69, 9.17) is 25.8 Å². The first-order chi connectivity index (χ1) is 12.6. The first-order valence-electron chi connectivity index (χ1n) is 9.52. The SMILES string of the molecule is O=C(c1cccc(Cl)c1)N1CC2(C[C@H](OCC3CCOCC3)CCO2)C1. The fraction of sp³-hybridized carbons (Fsp3) is 0.650. The third-order valence-corrected chi connectivity index (χ3v) is 5.91. The zero-order valence-electron chi connectivity index (χ0n) is 15.0. The largest absolute Gasteiger partial charge is 0.381 e. The second-order valence-electron chi connectivity index (χ2n) is 7.71. The van der Waals surface area contributed by atoms with E-state index in [1.165, 1.54) is 0 Å². The van der Waals surface area contributed by atoms with Crippen molar-refractivity contribution in [3.05, 3.63) is 34.9 Å². The molecule has 4 rings (SSSR count). The molecular weight excluding hydrogens is 354 g/mol. The number of benzene rings is 1. The number of hydrogen-bond donors (Lipinski definition) is 0. The van der Waals surface area contributed by atoms with Crippen LogP contribution in [-0.2, 0) is 14.2 Å². The fourth-order valence-corrected chi connectivity index (χ4v) is 4.32. The van der Waals surface area contributed by atoms with Gasteiger partial charge in [0.1, 0.15) is 5.60 Å². The Morgan fingerprint density at radius 2 is 2.04 bits per heavy atom. The van der Waals surface area contributed by atoms with Crippen LogP contribution in [0.5, 0.6) is 0 Å². The molecule has 3 aliphatic rings. The molecule has 0 bridgehead atoms. The summed E-state index contributed by atoms with van der Waals surface area (Å²) in [4.78, 5) is 14.4. The van der Waals surface area contributed by atoms with Crippen molar-refractivity contribution in [2.45, 2.75) is 37.4 Å². The van der Waals surface area contributed by atoms with Gasteiger partial charge in [-0.2, -0.15) is 0 Å². The molecule has 142 valence electrons. The van der Waals surface area contributed by atoms with Crippen molar-refractivity contribution in [1.82, 2.24) is 4.90 Å². The molecule has 0 radical (unpaired) electrons. The van der Waals surface area contributed by atoms with Crippen molar-refractivity contribution >= 4 is 17.5 Å². The number of carbonyl (C=O) groups is 1. The third-order valence-electron chi connectivity index (χ3n) is 5.67. The van der Waals surface area contributed by atoms with Gasteiger partial charge in [-0.05, 0) is 43.4 Å². The van der Waals surface area contributed by atoms with Gasteiger partial charge in [0, 0.05) is 43.4 Å². The number of likely N-dealkylation sites (tertiary alicyclic amines) is 1. The molecule has 3 aliphatic heterocycles. The Hall–Kier alpha value is -1.14. The van der Waals surface area contributed by atoms with Crippen LogP contribution in [0.3, 0.4) is 0 Å². The summed E-state index contributed by atoms with van der Waals surface area (Å²) in [7, 11) is 0. The topological polar surface area (TPSA) is 48.0 Å². The zero-order chi connectivity index (χ0) is 18.0. The molecule has 3 heterocycles. The minimum atomic E-state index is -0.229. The number of halogens is 1. The van der Waals surface area contributed by atoms with E-state index in [0.717, 1.165) is 45.5 Å². The molecule has 0 saturated carbocycles. The smallest absolute Gasteiger partial charge is 0.254 e. The molecule has 1 aromatic rings. The average molecular weight is 380 g/mol. The Balaban J connectivity index is 1.28. The maximum atomic E-state index is 12.6. The molecule has 26 heavy (non-hydrogen) atoms. The highest BCUT2D eigenvalue weighted by Gasteiger charge is 2.49. The van der Waals surface area contributed by atoms with E-state index in [9.17, 15) is 4.79 Å². The second kappa shape index (κ2) is 7.85. The number of rotatable bonds is 4. The Bertz CT molecular complexity index is 640. The van der Waals surface area contributed by atoms with Crippen molar-refractivity contribution in [1.29, 1.82) is 0 Å². The summed E-state index contributed by atoms with van der Waals surface area (Å²) in [5.74, 6) is 0.636. The molecule has 1 atom stereocenters. The standard InChI is InChI=1S/C20H26ClNO4/c21-17-3-1-2-16(10-17)19(23)22-13-20(14-22)11-18(6-9-26-20)25-12-15-4-7-24-8-5-15/h1-3,10,15,18H,4-9,11-14H2/t18-/m1/s1. The second-order valence-corrected chi connectivity index (χ2v) is 8.14. The van der Waals surface area contributed by atoms with Crippen LogP contribution in [0.4, 0.5) is 0 Å². The van der Waals surface area contributed by atoms with Crippen molar-refractivity contribution in [2.75, 3.05) is 39.5 Å². The van der Waals surface area contributed by atoms with E-state index >= 15 is 0 Å². The minimum absolute atomic E-state index is 0.0203. The predicted octanol–water partition coefficient (Wildman–Crippen LogP) is 3.16. The number of amides is 1. The Kier molecular flexibility index (Phi) is 5.50. The molecule has 5 nitrogen and oxygen atoms in total. The van der Waals surface area contributed by atoms with Gasteiger partial charge in [-0.3, -0.25) is 4.79 Å². The predicted molar refractivity (Wildman–Crippen MR) is 98.6 cm³/mol. The van der Waals surface area contributed by atoms with E-state index in [0.29, 0.717) is 36.2 Å². The molecule has 1 amide bonds. The highest BCUT2D eigenvalue weighted by atomic mass is 35.5. The molecule has 0 unspecified atom stereocenters. The van der Waals surface area contributed by atoms with E-state index < -0.39 is 0 Å². The summed E-state index contributed by atoms with van der Waals surface area (Å²) >= 11 is 6.00. The van der Waals surface area contributed by atoms with Crippen molar-refractivity contribution in [3.63, 3.8) is 0 Å². The van der Waals surface area contributed by atoms with Gasteiger partial charge in [-0.1, -0.05) is 17.7 Å². The van der Waals surface area contributed by atoms with Crippen LogP contribution in [0.15, 0.2) is 24.3 Å². The van der Waals surface area contributed by atoms with Gasteiger partial charge in [-0.15, -0.1) is 0 Å². The Morgan fingerprint density at radius 1 is 1.23 bits per heavy atom. The average Bonchev–Trinajstić information content (AvgIpc) is 2.65. The van der Waals surface area contributed by atoms with Crippen molar-refractivity contribution in [2.24, 2.45) is 5.92 Å². The maximum Gasteiger partial charge on any atom is 0.254 e. The van der Waals surface area contributed by atoms with E-state index in [-0.39, 0.29) is 17.6 Å². The Labute approximate surface area is 159 Å². The molecule has 1 aromatic carbocycles. The van der Waals surface area contributed by atoms with Crippen molar-refractivity contribution < 1.29 is 19.0 Å². The minimum Gasteiger partial charge on any atom is -0.381 e. The summed E-state index contributed by atoms with van der Waals surface area (Å²) in [5.41, 5.74) is 0.405. The maximum absolute atomic E-state index is 12.6. The molecule has 0 N–H and O–H groups in total. The number of ether oxygens (including phenoxy) is 3. The Morgan fingerprint density at radius 3 is 2.81 bits per heavy atom. The number of hydrogen-bond acceptors (Lipinski definition) is 4. The lowest BCUT2D eigenvalue weighted by Crippen LogP contribution is -2.67. The summed E-state index contributed by atoms with van der Waals surface area (Å²) in [5, 5.41) is 0.585. The van der Waals surface area contributed by atoms with Crippen LogP contribution in [-0.4, -0.2) is 62.0 Å². The molecular formula is C20H26ClNO4. The van der Waals surface area contributed by atoms with Gasteiger partial charge in [-0.25, -0.2) is 0 Å². The molecule has 0 aliphatic carbocycles. The highest BCUT2D eigenvalue weighted by molar-refractivity contribution is 6.30. The number of nitrogens with zero attached hydrogens (tertiary/aromatic N) is 1. The molecule has 1 spiro atoms. The van der Waals surface area contributed by atoms with E-state index in [1.807, 2.05) is 11.0 Å². The molecule has 6 heteroatoms. The lowest BCUT2D eigenvalue weighted by atomic mass is 9.84. The highest BCUT2D eigenvalue weighted by Crippen LogP contribution is 2.36. The summed E-state index contributed by atoms with van der Waals surface area (Å²) in [6.45, 7) is 4.50. The van der Waals surface area contributed by atoms with Crippen LogP contribution in [0.25, 0.3) is 0 Å². The zero-order valence-corrected chi connectivity index (χ0v) is 15.7. The normalized spacial score (nSPS) is 25.9. The molecule has 3 fully saturated rings. The van der Waals surface area contributed by atoms with Crippen LogP contribution in [0.2, 0.25) is 5.02 Å². The van der Waals surface area contributed by atoms with Gasteiger partial charge >= 0.3 is 0 Å². The summed E-state index contributed by atoms with van der Waals surface area (Å²) in [6.07, 6.45) is 4.23. The van der Waals surface area contributed by atoms with Crippen LogP contribution >= 0.6 is 11.6 Å². The van der Waals surface area contributed by atoms with Gasteiger partial charge in [0.15, 0.2) is 0 Å². The van der Waals surface area contributed by atoms with Gasteiger partial charge in [0.05, 0.1) is 19.2 Å². The fourth-order valence-electron chi connectivity index (χ4n) is 4.13. The van der Waals surface area contributed by atoms with Crippen molar-refractivity contribution in [3.8, 4) is 0 Å². The van der Waals surface area contributed by atoms with E-state index in [2.05, 4.69) is 0 Å². The first-order valence-corrected chi connectivity index (χ1v) is 9.89. The first kappa shape index (κ1) is 18.2. The van der Waals surface area contributed by atoms with Crippen LogP contribution in [0, 0.1) is 5.92 Å². The third kappa shape index (κ3) is 4.06. The van der Waals surface area contributed by atoms with Crippen LogP contribution < -0.4 is 0 Å². The summed E-state index contributed by atoms with van der Waals surface area (Å²) < 4.78 is 17.6. The lowest BCUT2D eigenvalue weighted by Gasteiger charge is -2.53. The lowest BCUT2D eigenvalue weighted by molar-refractivity contribution is -0.188. The van der Waals surface area contributed by atoms with E-state index in [1.54, 1.807) is 18.2 Å². The molecule has 0 aromatic heterocycles. The van der Waals surface area contributed by atoms with Crippen LogP contribution in [0.1, 0.15) is 36.0 Å². The van der Waals surface area contributed by atoms with Gasteiger partial charge in [0.2, 0.25) is 0 Å². The monoisotopic (exact) mass is 379 g/mol.